The highest BCUT2D eigenvalue weighted by Gasteiger charge is 2.16. The molecule has 5 aromatic rings. The highest BCUT2D eigenvalue weighted by atomic mass is 28.3. The molecule has 0 aliphatic carbocycles. The fourth-order valence-electron chi connectivity index (χ4n) is 4.82. The normalized spacial score (nSPS) is 11.9. The summed E-state index contributed by atoms with van der Waals surface area (Å²) in [5.41, 5.74) is 5.85. The van der Waals surface area contributed by atoms with Crippen LogP contribution in [-0.2, 0) is 18.0 Å². The Morgan fingerprint density at radius 1 is 0.909 bits per heavy atom. The van der Waals surface area contributed by atoms with E-state index in [1.54, 1.807) is 10.7 Å². The Morgan fingerprint density at radius 3 is 2.41 bits per heavy atom. The van der Waals surface area contributed by atoms with Crippen molar-refractivity contribution in [2.45, 2.75) is 59.7 Å². The lowest BCUT2D eigenvalue weighted by Crippen LogP contribution is -2.22. The maximum Gasteiger partial charge on any atom is 0.273 e. The third-order valence-electron chi connectivity index (χ3n) is 7.32. The number of carbonyl (C=O) groups excluding carboxylic acids is 1. The number of anilines is 1. The second-order valence-electron chi connectivity index (χ2n) is 12.2. The number of hydrogen-bond acceptors (Lipinski definition) is 5. The molecule has 3 aromatic carbocycles. The number of ether oxygens (including phenoxy) is 2. The Balaban J connectivity index is 1.39. The number of aromatic nitrogens is 4. The predicted molar refractivity (Wildman–Crippen MR) is 181 cm³/mol. The van der Waals surface area contributed by atoms with E-state index >= 15 is 0 Å². The number of benzene rings is 3. The summed E-state index contributed by atoms with van der Waals surface area (Å²) in [6, 6.07) is 24.7. The van der Waals surface area contributed by atoms with Crippen LogP contribution in [0.5, 0.6) is 11.5 Å². The van der Waals surface area contributed by atoms with Crippen LogP contribution in [0.4, 0.5) is 5.69 Å². The molecule has 1 N–H and O–H groups in total. The maximum absolute atomic E-state index is 13.1. The average molecular weight is 608 g/mol. The van der Waals surface area contributed by atoms with Gasteiger partial charge in [-0.2, -0.15) is 10.2 Å². The Kier molecular flexibility index (Phi) is 9.46. The summed E-state index contributed by atoms with van der Waals surface area (Å²) in [6.07, 6.45) is 4.11. The van der Waals surface area contributed by atoms with Crippen molar-refractivity contribution in [3.8, 4) is 11.5 Å². The van der Waals surface area contributed by atoms with E-state index in [0.29, 0.717) is 42.8 Å². The Bertz CT molecular complexity index is 1780. The SMILES string of the molecule is CCn1nc(C)cc1C(=O)Nc1cc(Oc2ccc3c(C=Cc4ccccc4)nn(COCC[Si](C)(C)C)c3c2)ccc1C. The first-order chi connectivity index (χ1) is 21.1. The van der Waals surface area contributed by atoms with Crippen LogP contribution >= 0.6 is 0 Å². The van der Waals surface area contributed by atoms with Crippen molar-refractivity contribution in [1.82, 2.24) is 19.6 Å². The molecule has 0 aliphatic rings. The summed E-state index contributed by atoms with van der Waals surface area (Å²) in [5.74, 6) is 1.08. The van der Waals surface area contributed by atoms with E-state index in [4.69, 9.17) is 14.6 Å². The van der Waals surface area contributed by atoms with Crippen LogP contribution in [-0.4, -0.2) is 40.1 Å². The maximum atomic E-state index is 13.1. The standard InChI is InChI=1S/C35H41N5O3Si/c1-7-39-34(21-26(3)37-39)35(41)36-32-22-28(15-13-25(32)2)43-29-16-17-30-31(18-14-27-11-9-8-10-12-27)38-40(33(30)23-29)24-42-19-20-44(4,5)6/h8-18,21-23H,7,19-20,24H2,1-6H3,(H,36,41). The van der Waals surface area contributed by atoms with Crippen LogP contribution < -0.4 is 10.1 Å². The van der Waals surface area contributed by atoms with Crippen LogP contribution in [0, 0.1) is 13.8 Å². The summed E-state index contributed by atoms with van der Waals surface area (Å²) >= 11 is 0. The lowest BCUT2D eigenvalue weighted by atomic mass is 10.1. The minimum Gasteiger partial charge on any atom is -0.457 e. The van der Waals surface area contributed by atoms with Gasteiger partial charge in [-0.1, -0.05) is 62.1 Å². The van der Waals surface area contributed by atoms with E-state index in [2.05, 4.69) is 48.3 Å². The fraction of sp³-hybridized carbons (Fsp3) is 0.286. The van der Waals surface area contributed by atoms with E-state index < -0.39 is 8.07 Å². The molecule has 2 heterocycles. The van der Waals surface area contributed by atoms with Gasteiger partial charge in [0.05, 0.1) is 16.9 Å². The lowest BCUT2D eigenvalue weighted by Gasteiger charge is -2.15. The van der Waals surface area contributed by atoms with Crippen molar-refractivity contribution in [2.75, 3.05) is 11.9 Å². The van der Waals surface area contributed by atoms with Crippen LogP contribution in [0.15, 0.2) is 72.8 Å². The molecule has 44 heavy (non-hydrogen) atoms. The van der Waals surface area contributed by atoms with E-state index in [9.17, 15) is 4.79 Å². The van der Waals surface area contributed by atoms with Crippen molar-refractivity contribution in [3.05, 3.63) is 101 Å². The minimum atomic E-state index is -1.21. The second-order valence-corrected chi connectivity index (χ2v) is 17.8. The molecule has 2 aromatic heterocycles. The lowest BCUT2D eigenvalue weighted by molar-refractivity contribution is 0.0816. The molecule has 0 atom stereocenters. The van der Waals surface area contributed by atoms with Crippen molar-refractivity contribution < 1.29 is 14.3 Å². The van der Waals surface area contributed by atoms with Gasteiger partial charge in [-0.3, -0.25) is 9.48 Å². The van der Waals surface area contributed by atoms with Crippen molar-refractivity contribution >= 4 is 42.7 Å². The van der Waals surface area contributed by atoms with Crippen molar-refractivity contribution in [3.63, 3.8) is 0 Å². The average Bonchev–Trinajstić information content (AvgIpc) is 3.55. The smallest absolute Gasteiger partial charge is 0.273 e. The van der Waals surface area contributed by atoms with Crippen LogP contribution in [0.25, 0.3) is 23.1 Å². The summed E-state index contributed by atoms with van der Waals surface area (Å²) in [5, 5.41) is 13.3. The monoisotopic (exact) mass is 607 g/mol. The molecule has 0 bridgehead atoms. The minimum absolute atomic E-state index is 0.205. The van der Waals surface area contributed by atoms with E-state index in [0.717, 1.165) is 39.5 Å². The number of aryl methyl sites for hydroxylation is 3. The highest BCUT2D eigenvalue weighted by Crippen LogP contribution is 2.31. The van der Waals surface area contributed by atoms with Gasteiger partial charge in [-0.15, -0.1) is 0 Å². The van der Waals surface area contributed by atoms with Crippen molar-refractivity contribution in [1.29, 1.82) is 0 Å². The zero-order chi connectivity index (χ0) is 31.3. The number of nitrogens with one attached hydrogen (secondary N) is 1. The molecular weight excluding hydrogens is 567 g/mol. The molecule has 5 rings (SSSR count). The van der Waals surface area contributed by atoms with Crippen molar-refractivity contribution in [2.24, 2.45) is 0 Å². The molecule has 0 radical (unpaired) electrons. The largest absolute Gasteiger partial charge is 0.457 e. The van der Waals surface area contributed by atoms with Gasteiger partial charge in [-0.25, -0.2) is 4.68 Å². The third-order valence-corrected chi connectivity index (χ3v) is 9.03. The van der Waals surface area contributed by atoms with Crippen LogP contribution in [0.2, 0.25) is 25.7 Å². The summed E-state index contributed by atoms with van der Waals surface area (Å²) in [4.78, 5) is 13.1. The van der Waals surface area contributed by atoms with E-state index in [-0.39, 0.29) is 5.91 Å². The molecule has 0 saturated heterocycles. The number of rotatable bonds is 12. The third kappa shape index (κ3) is 7.72. The Labute approximate surface area is 260 Å². The van der Waals surface area contributed by atoms with Gasteiger partial charge in [0.1, 0.15) is 23.9 Å². The first-order valence-electron chi connectivity index (χ1n) is 15.1. The van der Waals surface area contributed by atoms with E-state index in [1.807, 2.05) is 86.1 Å². The van der Waals surface area contributed by atoms with Gasteiger partial charge in [0, 0.05) is 44.4 Å². The molecule has 8 nitrogen and oxygen atoms in total. The summed E-state index contributed by atoms with van der Waals surface area (Å²) in [7, 11) is -1.21. The number of amides is 1. The topological polar surface area (TPSA) is 83.2 Å². The summed E-state index contributed by atoms with van der Waals surface area (Å²) in [6.45, 7) is 14.5. The molecule has 228 valence electrons. The van der Waals surface area contributed by atoms with Crippen LogP contribution in [0.1, 0.15) is 39.9 Å². The van der Waals surface area contributed by atoms with Gasteiger partial charge in [0.2, 0.25) is 0 Å². The van der Waals surface area contributed by atoms with Gasteiger partial charge in [0.15, 0.2) is 0 Å². The van der Waals surface area contributed by atoms with E-state index in [1.165, 1.54) is 0 Å². The number of fused-ring (bicyclic) bond motifs is 1. The second kappa shape index (κ2) is 13.4. The highest BCUT2D eigenvalue weighted by molar-refractivity contribution is 6.76. The van der Waals surface area contributed by atoms with Gasteiger partial charge < -0.3 is 14.8 Å². The molecule has 0 saturated carbocycles. The number of carbonyl (C=O) groups is 1. The molecule has 0 unspecified atom stereocenters. The first kappa shape index (κ1) is 31.0. The Hall–Kier alpha value is -4.47. The van der Waals surface area contributed by atoms with Gasteiger partial charge >= 0.3 is 0 Å². The molecular formula is C35H41N5O3Si. The van der Waals surface area contributed by atoms with Crippen LogP contribution in [0.3, 0.4) is 0 Å². The Morgan fingerprint density at radius 2 is 1.66 bits per heavy atom. The molecule has 9 heteroatoms. The number of nitrogens with zero attached hydrogens (tertiary/aromatic N) is 4. The van der Waals surface area contributed by atoms with Gasteiger partial charge in [-0.05, 0) is 68.3 Å². The molecule has 1 amide bonds. The quantitative estimate of drug-likeness (QED) is 0.114. The molecule has 0 aliphatic heterocycles. The number of hydrogen-bond donors (Lipinski definition) is 1. The fourth-order valence-corrected chi connectivity index (χ4v) is 5.58. The predicted octanol–water partition coefficient (Wildman–Crippen LogP) is 8.40. The zero-order valence-electron chi connectivity index (χ0n) is 26.4. The molecule has 0 fully saturated rings. The molecule has 0 spiro atoms. The van der Waals surface area contributed by atoms with Gasteiger partial charge in [0.25, 0.3) is 5.91 Å². The first-order valence-corrected chi connectivity index (χ1v) is 18.8. The zero-order valence-corrected chi connectivity index (χ0v) is 27.4. The summed E-state index contributed by atoms with van der Waals surface area (Å²) < 4.78 is 16.0.